The van der Waals surface area contributed by atoms with Gasteiger partial charge in [0.25, 0.3) is 0 Å². The molecule has 0 aliphatic carbocycles. The van der Waals surface area contributed by atoms with Crippen LogP contribution in [0.5, 0.6) is 11.5 Å². The first-order chi connectivity index (χ1) is 14.1. The Balaban J connectivity index is 1.60. The molecule has 1 atom stereocenters. The number of carbonyl (C=O) groups is 3. The van der Waals surface area contributed by atoms with Gasteiger partial charge in [-0.2, -0.15) is 0 Å². The number of ether oxygens (including phenoxy) is 1. The van der Waals surface area contributed by atoms with E-state index in [-0.39, 0.29) is 29.7 Å². The minimum Gasteiger partial charge on any atom is -0.535 e. The molecule has 162 valence electrons. The van der Waals surface area contributed by atoms with Crippen LogP contribution in [0.1, 0.15) is 22.8 Å². The first-order valence-corrected chi connectivity index (χ1v) is 9.48. The van der Waals surface area contributed by atoms with Crippen molar-refractivity contribution in [2.24, 2.45) is 5.73 Å². The number of nitrogens with zero attached hydrogens (tertiary/aromatic N) is 1. The molecule has 2 aliphatic heterocycles. The number of aliphatic carboxylic acids is 1. The van der Waals surface area contributed by atoms with E-state index in [0.29, 0.717) is 31.4 Å². The summed E-state index contributed by atoms with van der Waals surface area (Å²) in [4.78, 5) is 36.2. The average Bonchev–Trinajstić information content (AvgIpc) is 2.63. The van der Waals surface area contributed by atoms with Crippen LogP contribution in [-0.4, -0.2) is 82.9 Å². The van der Waals surface area contributed by atoms with E-state index in [9.17, 15) is 24.5 Å². The van der Waals surface area contributed by atoms with Crippen LogP contribution in [0.2, 0.25) is 6.32 Å². The second-order valence-corrected chi connectivity index (χ2v) is 7.77. The molecule has 1 aromatic carbocycles. The maximum Gasteiger partial charge on any atom is 0.522 e. The van der Waals surface area contributed by atoms with E-state index in [1.807, 2.05) is 4.90 Å². The number of benzene rings is 1. The Morgan fingerprint density at radius 1 is 1.37 bits per heavy atom. The minimum absolute atomic E-state index is 0.124. The number of amides is 1. The summed E-state index contributed by atoms with van der Waals surface area (Å²) in [6.45, 7) is 2.01. The summed E-state index contributed by atoms with van der Waals surface area (Å²) in [5.74, 6) is -2.67. The largest absolute Gasteiger partial charge is 0.535 e. The Bertz CT molecular complexity index is 856. The monoisotopic (exact) mass is 421 g/mol. The number of carboxylic acid groups (broad SMARTS) is 2. The van der Waals surface area contributed by atoms with Gasteiger partial charge in [-0.25, -0.2) is 4.79 Å². The molecule has 2 aliphatic rings. The highest BCUT2D eigenvalue weighted by atomic mass is 16.5. The predicted molar refractivity (Wildman–Crippen MR) is 105 cm³/mol. The number of carboxylic acids is 2. The van der Waals surface area contributed by atoms with Crippen LogP contribution >= 0.6 is 0 Å². The highest BCUT2D eigenvalue weighted by Crippen LogP contribution is 2.37. The number of likely N-dealkylation sites (tertiary alicyclic amines) is 1. The lowest BCUT2D eigenvalue weighted by Gasteiger charge is -2.42. The smallest absolute Gasteiger partial charge is 0.522 e. The number of carbonyl (C=O) groups excluding carboxylic acids is 1. The molecule has 3 rings (SSSR count). The summed E-state index contributed by atoms with van der Waals surface area (Å²) in [5.41, 5.74) is 5.29. The van der Waals surface area contributed by atoms with E-state index in [4.69, 9.17) is 20.2 Å². The van der Waals surface area contributed by atoms with Crippen LogP contribution < -0.4 is 20.4 Å². The van der Waals surface area contributed by atoms with Crippen molar-refractivity contribution in [3.8, 4) is 11.5 Å². The summed E-state index contributed by atoms with van der Waals surface area (Å²) < 4.78 is 11.2. The molecule has 30 heavy (non-hydrogen) atoms. The van der Waals surface area contributed by atoms with Crippen molar-refractivity contribution in [3.05, 3.63) is 23.3 Å². The van der Waals surface area contributed by atoms with Gasteiger partial charge >= 0.3 is 19.1 Å². The fourth-order valence-electron chi connectivity index (χ4n) is 3.51. The Morgan fingerprint density at radius 2 is 2.07 bits per heavy atom. The standard InChI is InChI=1S/C18H24BN3O8/c1-18(20,17(27)21-6-13(23)24)9-22-7-11(8-22)29-12-3-2-10-4-5-19(28)30-15(10)14(12)16(25)26/h2-3,11,28H,4-9,20H2,1H3,(H,21,27)(H,23,24)(H,25,26)/t18-/m1/s1. The van der Waals surface area contributed by atoms with Crippen molar-refractivity contribution in [3.63, 3.8) is 0 Å². The first-order valence-electron chi connectivity index (χ1n) is 9.48. The predicted octanol–water partition coefficient (Wildman–Crippen LogP) is -1.22. The number of nitrogens with two attached hydrogens (primary N) is 1. The third kappa shape index (κ3) is 4.83. The summed E-state index contributed by atoms with van der Waals surface area (Å²) in [6, 6.07) is 3.31. The second-order valence-electron chi connectivity index (χ2n) is 7.77. The van der Waals surface area contributed by atoms with Gasteiger partial charge in [-0.15, -0.1) is 0 Å². The summed E-state index contributed by atoms with van der Waals surface area (Å²) in [5, 5.41) is 30.2. The van der Waals surface area contributed by atoms with Crippen LogP contribution in [0.4, 0.5) is 0 Å². The lowest BCUT2D eigenvalue weighted by molar-refractivity contribution is -0.139. The van der Waals surface area contributed by atoms with Gasteiger partial charge in [0.2, 0.25) is 5.91 Å². The highest BCUT2D eigenvalue weighted by Gasteiger charge is 2.38. The highest BCUT2D eigenvalue weighted by molar-refractivity contribution is 6.44. The van der Waals surface area contributed by atoms with E-state index < -0.39 is 37.0 Å². The minimum atomic E-state index is -1.29. The molecule has 0 spiro atoms. The second kappa shape index (κ2) is 8.50. The number of hydrogen-bond acceptors (Lipinski definition) is 8. The van der Waals surface area contributed by atoms with Gasteiger partial charge in [0.1, 0.15) is 35.3 Å². The molecule has 1 saturated heterocycles. The molecule has 0 bridgehead atoms. The van der Waals surface area contributed by atoms with Crippen molar-refractivity contribution in [2.75, 3.05) is 26.2 Å². The van der Waals surface area contributed by atoms with Crippen molar-refractivity contribution < 1.29 is 39.0 Å². The third-order valence-electron chi connectivity index (χ3n) is 5.02. The fraction of sp³-hybridized carbons (Fsp3) is 0.500. The van der Waals surface area contributed by atoms with Crippen LogP contribution in [0.15, 0.2) is 12.1 Å². The van der Waals surface area contributed by atoms with Crippen molar-refractivity contribution in [1.82, 2.24) is 10.2 Å². The van der Waals surface area contributed by atoms with Crippen molar-refractivity contribution in [2.45, 2.75) is 31.3 Å². The zero-order valence-corrected chi connectivity index (χ0v) is 16.5. The summed E-state index contributed by atoms with van der Waals surface area (Å²) >= 11 is 0. The SMILES string of the molecule is C[C@@](N)(CN1CC(Oc2ccc3c(c2C(=O)O)OB(O)CC3)C1)C(=O)NCC(=O)O. The van der Waals surface area contributed by atoms with Gasteiger partial charge in [0, 0.05) is 19.6 Å². The van der Waals surface area contributed by atoms with Crippen LogP contribution in [0.25, 0.3) is 0 Å². The Labute approximate surface area is 172 Å². The van der Waals surface area contributed by atoms with Gasteiger partial charge in [-0.3, -0.25) is 14.5 Å². The molecule has 6 N–H and O–H groups in total. The Kier molecular flexibility index (Phi) is 6.20. The number of fused-ring (bicyclic) bond motifs is 1. The van der Waals surface area contributed by atoms with E-state index >= 15 is 0 Å². The molecule has 1 aromatic rings. The maximum absolute atomic E-state index is 12.0. The molecular weight excluding hydrogens is 397 g/mol. The Morgan fingerprint density at radius 3 is 2.70 bits per heavy atom. The zero-order valence-electron chi connectivity index (χ0n) is 16.5. The molecule has 0 radical (unpaired) electrons. The summed E-state index contributed by atoms with van der Waals surface area (Å²) in [6.07, 6.45) is 0.585. The number of aromatic carboxylic acids is 1. The van der Waals surface area contributed by atoms with E-state index in [1.165, 1.54) is 6.92 Å². The number of aryl methyl sites for hydroxylation is 1. The van der Waals surface area contributed by atoms with E-state index in [0.717, 1.165) is 0 Å². The molecule has 12 heteroatoms. The quantitative estimate of drug-likeness (QED) is 0.321. The molecule has 0 aromatic heterocycles. The molecule has 11 nitrogen and oxygen atoms in total. The summed E-state index contributed by atoms with van der Waals surface area (Å²) in [7, 11) is -1.06. The molecule has 0 unspecified atom stereocenters. The van der Waals surface area contributed by atoms with Gasteiger partial charge in [0.05, 0.1) is 0 Å². The van der Waals surface area contributed by atoms with E-state index in [1.54, 1.807) is 12.1 Å². The maximum atomic E-state index is 12.0. The number of hydrogen-bond donors (Lipinski definition) is 5. The lowest BCUT2D eigenvalue weighted by Crippen LogP contribution is -2.64. The molecule has 2 heterocycles. The van der Waals surface area contributed by atoms with Crippen molar-refractivity contribution in [1.29, 1.82) is 0 Å². The number of rotatable bonds is 8. The zero-order chi connectivity index (χ0) is 22.1. The third-order valence-corrected chi connectivity index (χ3v) is 5.02. The molecule has 0 saturated carbocycles. The molecule has 1 fully saturated rings. The Hall–Kier alpha value is -2.83. The lowest BCUT2D eigenvalue weighted by atomic mass is 9.78. The van der Waals surface area contributed by atoms with Crippen LogP contribution in [0.3, 0.4) is 0 Å². The molecular formula is C18H24BN3O8. The topological polar surface area (TPSA) is 172 Å². The van der Waals surface area contributed by atoms with Gasteiger partial charge in [-0.1, -0.05) is 6.07 Å². The number of nitrogens with one attached hydrogen (secondary N) is 1. The van der Waals surface area contributed by atoms with Crippen molar-refractivity contribution >= 4 is 25.0 Å². The van der Waals surface area contributed by atoms with Gasteiger partial charge < -0.3 is 35.7 Å². The average molecular weight is 421 g/mol. The van der Waals surface area contributed by atoms with Gasteiger partial charge in [-0.05, 0) is 31.3 Å². The van der Waals surface area contributed by atoms with E-state index in [2.05, 4.69) is 5.32 Å². The van der Waals surface area contributed by atoms with Crippen LogP contribution in [0, 0.1) is 0 Å². The molecule has 1 amide bonds. The first kappa shape index (κ1) is 21.9. The van der Waals surface area contributed by atoms with Crippen LogP contribution in [-0.2, 0) is 16.0 Å². The fourth-order valence-corrected chi connectivity index (χ4v) is 3.51. The van der Waals surface area contributed by atoms with Gasteiger partial charge in [0.15, 0.2) is 0 Å². The normalized spacial score (nSPS) is 18.4.